The van der Waals surface area contributed by atoms with Gasteiger partial charge in [-0.15, -0.1) is 0 Å². The van der Waals surface area contributed by atoms with Gasteiger partial charge >= 0.3 is 6.18 Å². The number of hydrogen-bond donors (Lipinski definition) is 0. The molecule has 1 aliphatic rings. The summed E-state index contributed by atoms with van der Waals surface area (Å²) in [6.45, 7) is 15.7. The normalized spacial score (nSPS) is 13.4. The van der Waals surface area contributed by atoms with Gasteiger partial charge in [0.1, 0.15) is 16.1 Å². The number of benzene rings is 4. The van der Waals surface area contributed by atoms with Gasteiger partial charge in [-0.25, -0.2) is 0 Å². The third kappa shape index (κ3) is 4.50. The van der Waals surface area contributed by atoms with Crippen molar-refractivity contribution in [1.82, 2.24) is 0 Å². The van der Waals surface area contributed by atoms with Gasteiger partial charge in [-0.2, -0.15) is 13.2 Å². The average molecular weight is 545 g/mol. The van der Waals surface area contributed by atoms with Crippen LogP contribution in [0, 0.1) is 20.8 Å². The standard InChI is InChI=1S/C33H35F3Si2/c1-21-10-8-12-25(14-21)37(4,5)31-17-22(2)15-27-28-16-23(3)18-32(30(28)20-29(27)31)38(6,7)26-13-9-11-24(19-26)33(34,35)36/h8-19H,20H2,1-7H3. The summed E-state index contributed by atoms with van der Waals surface area (Å²) < 4.78 is 40.8. The topological polar surface area (TPSA) is 0 Å². The largest absolute Gasteiger partial charge is 0.416 e. The Kier molecular flexibility index (Phi) is 6.39. The van der Waals surface area contributed by atoms with Gasteiger partial charge in [0.2, 0.25) is 0 Å². The summed E-state index contributed by atoms with van der Waals surface area (Å²) in [5.74, 6) is 0. The molecule has 0 atom stereocenters. The van der Waals surface area contributed by atoms with Gasteiger partial charge in [0.25, 0.3) is 0 Å². The molecular weight excluding hydrogens is 510 g/mol. The van der Waals surface area contributed by atoms with Crippen molar-refractivity contribution < 1.29 is 13.2 Å². The zero-order valence-corrected chi connectivity index (χ0v) is 25.3. The molecule has 5 heteroatoms. The second-order valence-corrected chi connectivity index (χ2v) is 20.8. The molecule has 0 saturated heterocycles. The highest BCUT2D eigenvalue weighted by Crippen LogP contribution is 2.38. The highest BCUT2D eigenvalue weighted by Gasteiger charge is 2.38. The second-order valence-electron chi connectivity index (χ2n) is 12.1. The smallest absolute Gasteiger partial charge is 0.166 e. The fourth-order valence-electron chi connectivity index (χ4n) is 6.22. The Hall–Kier alpha value is -2.90. The van der Waals surface area contributed by atoms with Gasteiger partial charge in [-0.1, -0.05) is 136 Å². The van der Waals surface area contributed by atoms with Crippen molar-refractivity contribution in [2.75, 3.05) is 0 Å². The molecule has 0 unspecified atom stereocenters. The molecule has 0 spiro atoms. The highest BCUT2D eigenvalue weighted by atomic mass is 28.3. The minimum absolute atomic E-state index is 0.563. The predicted molar refractivity (Wildman–Crippen MR) is 160 cm³/mol. The average Bonchev–Trinajstić information content (AvgIpc) is 3.20. The highest BCUT2D eigenvalue weighted by molar-refractivity contribution is 7.01. The van der Waals surface area contributed by atoms with Crippen LogP contribution in [0.15, 0.2) is 72.8 Å². The van der Waals surface area contributed by atoms with Gasteiger partial charge in [-0.3, -0.25) is 0 Å². The van der Waals surface area contributed by atoms with E-state index in [9.17, 15) is 13.2 Å². The van der Waals surface area contributed by atoms with Crippen molar-refractivity contribution in [2.24, 2.45) is 0 Å². The molecule has 0 nitrogen and oxygen atoms in total. The summed E-state index contributed by atoms with van der Waals surface area (Å²) >= 11 is 0. The number of halogens is 3. The van der Waals surface area contributed by atoms with Gasteiger partial charge in [-0.05, 0) is 49.4 Å². The van der Waals surface area contributed by atoms with E-state index < -0.39 is 27.9 Å². The molecule has 0 amide bonds. The summed E-state index contributed by atoms with van der Waals surface area (Å²) in [6, 6.07) is 24.2. The van der Waals surface area contributed by atoms with Crippen molar-refractivity contribution in [1.29, 1.82) is 0 Å². The molecule has 0 heterocycles. The lowest BCUT2D eigenvalue weighted by molar-refractivity contribution is -0.137. The SMILES string of the molecule is Cc1cccc([Si](C)(C)c2cc(C)cc3c2Cc2c-3cc(C)cc2[Si](C)(C)c2cccc(C(F)(F)F)c2)c1. The van der Waals surface area contributed by atoms with E-state index >= 15 is 0 Å². The van der Waals surface area contributed by atoms with Crippen LogP contribution in [0.4, 0.5) is 13.2 Å². The Balaban J connectivity index is 1.68. The summed E-state index contributed by atoms with van der Waals surface area (Å²) in [4.78, 5) is 0. The maximum Gasteiger partial charge on any atom is 0.416 e. The van der Waals surface area contributed by atoms with E-state index in [1.165, 1.54) is 61.1 Å². The minimum atomic E-state index is -4.34. The Morgan fingerprint density at radius 1 is 0.579 bits per heavy atom. The van der Waals surface area contributed by atoms with Gasteiger partial charge in [0.05, 0.1) is 5.56 Å². The lowest BCUT2D eigenvalue weighted by Crippen LogP contribution is -2.55. The summed E-state index contributed by atoms with van der Waals surface area (Å²) in [6.07, 6.45) is -3.50. The zero-order chi connectivity index (χ0) is 27.6. The third-order valence-corrected chi connectivity index (χ3v) is 15.5. The number of rotatable bonds is 4. The molecule has 0 aromatic heterocycles. The summed E-state index contributed by atoms with van der Waals surface area (Å²) in [5.41, 5.74) is 8.43. The molecule has 4 aromatic rings. The minimum Gasteiger partial charge on any atom is -0.166 e. The number of alkyl halides is 3. The fraction of sp³-hybridized carbons (Fsp3) is 0.273. The van der Waals surface area contributed by atoms with Crippen LogP contribution in [0.25, 0.3) is 11.1 Å². The lowest BCUT2D eigenvalue weighted by atomic mass is 10.0. The monoisotopic (exact) mass is 544 g/mol. The van der Waals surface area contributed by atoms with Crippen molar-refractivity contribution in [3.05, 3.63) is 106 Å². The Labute approximate surface area is 226 Å². The molecule has 0 bridgehead atoms. The van der Waals surface area contributed by atoms with Crippen molar-refractivity contribution in [2.45, 2.75) is 59.6 Å². The van der Waals surface area contributed by atoms with Crippen LogP contribution in [0.1, 0.15) is 33.4 Å². The number of aryl methyl sites for hydroxylation is 3. The van der Waals surface area contributed by atoms with Crippen molar-refractivity contribution in [3.63, 3.8) is 0 Å². The molecule has 0 N–H and O–H groups in total. The summed E-state index contributed by atoms with van der Waals surface area (Å²) in [5, 5.41) is 4.97. The second kappa shape index (κ2) is 9.09. The van der Waals surface area contributed by atoms with Crippen LogP contribution in [-0.4, -0.2) is 16.1 Å². The maximum atomic E-state index is 13.6. The molecule has 4 aromatic carbocycles. The quantitative estimate of drug-likeness (QED) is 0.217. The predicted octanol–water partition coefficient (Wildman–Crippen LogP) is 6.85. The molecular formula is C33H35F3Si2. The molecule has 196 valence electrons. The molecule has 0 aliphatic heterocycles. The van der Waals surface area contributed by atoms with Crippen LogP contribution in [-0.2, 0) is 12.6 Å². The van der Waals surface area contributed by atoms with E-state index in [4.69, 9.17) is 0 Å². The summed E-state index contributed by atoms with van der Waals surface area (Å²) in [7, 11) is -4.43. The lowest BCUT2D eigenvalue weighted by Gasteiger charge is -2.28. The number of fused-ring (bicyclic) bond motifs is 3. The Morgan fingerprint density at radius 3 is 1.53 bits per heavy atom. The molecule has 0 saturated carbocycles. The first-order chi connectivity index (χ1) is 17.7. The van der Waals surface area contributed by atoms with Crippen LogP contribution >= 0.6 is 0 Å². The van der Waals surface area contributed by atoms with Gasteiger partial charge < -0.3 is 0 Å². The zero-order valence-electron chi connectivity index (χ0n) is 23.3. The van der Waals surface area contributed by atoms with E-state index in [1.54, 1.807) is 6.07 Å². The van der Waals surface area contributed by atoms with Gasteiger partial charge in [0, 0.05) is 0 Å². The Morgan fingerprint density at radius 2 is 1.05 bits per heavy atom. The van der Waals surface area contributed by atoms with Crippen molar-refractivity contribution >= 4 is 36.9 Å². The maximum absolute atomic E-state index is 13.6. The van der Waals surface area contributed by atoms with Gasteiger partial charge in [0.15, 0.2) is 0 Å². The van der Waals surface area contributed by atoms with E-state index in [0.29, 0.717) is 0 Å². The third-order valence-electron chi connectivity index (χ3n) is 8.43. The molecule has 0 fully saturated rings. The first kappa shape index (κ1) is 26.7. The first-order valence-electron chi connectivity index (χ1n) is 13.2. The molecule has 5 rings (SSSR count). The van der Waals surface area contributed by atoms with E-state index in [-0.39, 0.29) is 0 Å². The molecule has 0 radical (unpaired) electrons. The first-order valence-corrected chi connectivity index (χ1v) is 19.2. The number of hydrogen-bond acceptors (Lipinski definition) is 0. The molecule has 1 aliphatic carbocycles. The molecule has 38 heavy (non-hydrogen) atoms. The van der Waals surface area contributed by atoms with E-state index in [0.717, 1.165) is 17.2 Å². The van der Waals surface area contributed by atoms with Crippen LogP contribution in [0.2, 0.25) is 26.2 Å². The van der Waals surface area contributed by atoms with Crippen LogP contribution < -0.4 is 20.7 Å². The fourth-order valence-corrected chi connectivity index (χ4v) is 12.1. The van der Waals surface area contributed by atoms with Crippen molar-refractivity contribution in [3.8, 4) is 11.1 Å². The Bertz CT molecular complexity index is 1560. The van der Waals surface area contributed by atoms with Crippen LogP contribution in [0.3, 0.4) is 0 Å². The van der Waals surface area contributed by atoms with E-state index in [1.807, 2.05) is 6.07 Å². The van der Waals surface area contributed by atoms with Crippen LogP contribution in [0.5, 0.6) is 0 Å². The van der Waals surface area contributed by atoms with E-state index in [2.05, 4.69) is 95.5 Å².